The zero-order chi connectivity index (χ0) is 12.8. The summed E-state index contributed by atoms with van der Waals surface area (Å²) < 4.78 is 4.95. The first-order valence-corrected chi connectivity index (χ1v) is 5.41. The van der Waals surface area contributed by atoms with Gasteiger partial charge in [-0.2, -0.15) is 0 Å². The number of aryl methyl sites for hydroxylation is 2. The number of carboxylic acids is 1. The summed E-state index contributed by atoms with van der Waals surface area (Å²) >= 11 is 0. The average Bonchev–Trinajstić information content (AvgIpc) is 2.56. The zero-order valence-corrected chi connectivity index (χ0v) is 9.95. The highest BCUT2D eigenvalue weighted by Gasteiger charge is 2.12. The average molecular weight is 240 g/mol. The van der Waals surface area contributed by atoms with Crippen molar-refractivity contribution >= 4 is 11.9 Å². The van der Waals surface area contributed by atoms with Crippen LogP contribution in [0.1, 0.15) is 29.9 Å². The summed E-state index contributed by atoms with van der Waals surface area (Å²) in [5, 5.41) is 14.8. The Kier molecular flexibility index (Phi) is 4.68. The molecule has 1 aromatic heterocycles. The van der Waals surface area contributed by atoms with Gasteiger partial charge in [0.15, 0.2) is 0 Å². The molecule has 0 bridgehead atoms. The van der Waals surface area contributed by atoms with Crippen molar-refractivity contribution in [2.24, 2.45) is 0 Å². The Morgan fingerprint density at radius 3 is 2.65 bits per heavy atom. The molecule has 17 heavy (non-hydrogen) atoms. The molecule has 0 aliphatic heterocycles. The molecule has 1 amide bonds. The third kappa shape index (κ3) is 4.26. The van der Waals surface area contributed by atoms with Crippen LogP contribution in [0.5, 0.6) is 0 Å². The highest BCUT2D eigenvalue weighted by Crippen LogP contribution is 2.12. The largest absolute Gasteiger partial charge is 0.481 e. The maximum absolute atomic E-state index is 11.5. The monoisotopic (exact) mass is 240 g/mol. The number of aliphatic carboxylic acids is 1. The molecule has 6 nitrogen and oxygen atoms in total. The summed E-state index contributed by atoms with van der Waals surface area (Å²) in [5.74, 6) is -0.363. The van der Waals surface area contributed by atoms with Gasteiger partial charge in [0.25, 0.3) is 0 Å². The van der Waals surface area contributed by atoms with Crippen LogP contribution < -0.4 is 5.32 Å². The summed E-state index contributed by atoms with van der Waals surface area (Å²) in [4.78, 5) is 21.8. The van der Waals surface area contributed by atoms with Gasteiger partial charge in [0.05, 0.1) is 12.1 Å². The summed E-state index contributed by atoms with van der Waals surface area (Å²) in [6, 6.07) is 0. The number of nitrogens with zero attached hydrogens (tertiary/aromatic N) is 1. The number of carbonyl (C=O) groups is 2. The molecule has 1 heterocycles. The molecular formula is C11H16N2O4. The number of carboxylic acid groups (broad SMARTS) is 1. The number of amides is 1. The Labute approximate surface area is 99.0 Å². The van der Waals surface area contributed by atoms with Crippen molar-refractivity contribution in [3.05, 3.63) is 17.0 Å². The number of aromatic nitrogens is 1. The van der Waals surface area contributed by atoms with Gasteiger partial charge in [0.2, 0.25) is 5.91 Å². The maximum atomic E-state index is 11.5. The van der Waals surface area contributed by atoms with Crippen molar-refractivity contribution in [2.75, 3.05) is 6.54 Å². The Morgan fingerprint density at radius 1 is 1.41 bits per heavy atom. The van der Waals surface area contributed by atoms with Crippen molar-refractivity contribution in [1.82, 2.24) is 10.5 Å². The number of hydrogen-bond acceptors (Lipinski definition) is 4. The van der Waals surface area contributed by atoms with E-state index in [1.54, 1.807) is 13.8 Å². The molecule has 1 rings (SSSR count). The lowest BCUT2D eigenvalue weighted by Crippen LogP contribution is -2.26. The first-order chi connectivity index (χ1) is 8.00. The second-order valence-corrected chi connectivity index (χ2v) is 3.83. The van der Waals surface area contributed by atoms with Crippen LogP contribution in [-0.4, -0.2) is 28.7 Å². The van der Waals surface area contributed by atoms with Crippen LogP contribution in [-0.2, 0) is 16.0 Å². The van der Waals surface area contributed by atoms with Crippen molar-refractivity contribution in [1.29, 1.82) is 0 Å². The van der Waals surface area contributed by atoms with Crippen molar-refractivity contribution in [3.8, 4) is 0 Å². The van der Waals surface area contributed by atoms with Crippen LogP contribution in [0.4, 0.5) is 0 Å². The molecule has 0 saturated carbocycles. The van der Waals surface area contributed by atoms with Crippen molar-refractivity contribution in [3.63, 3.8) is 0 Å². The molecule has 94 valence electrons. The van der Waals surface area contributed by atoms with Gasteiger partial charge in [-0.15, -0.1) is 0 Å². The van der Waals surface area contributed by atoms with Crippen molar-refractivity contribution in [2.45, 2.75) is 33.1 Å². The first-order valence-electron chi connectivity index (χ1n) is 5.41. The maximum Gasteiger partial charge on any atom is 0.303 e. The molecule has 0 aromatic carbocycles. The van der Waals surface area contributed by atoms with E-state index in [1.807, 2.05) is 0 Å². The van der Waals surface area contributed by atoms with Gasteiger partial charge in [-0.3, -0.25) is 9.59 Å². The highest BCUT2D eigenvalue weighted by atomic mass is 16.5. The lowest BCUT2D eigenvalue weighted by molar-refractivity contribution is -0.137. The smallest absolute Gasteiger partial charge is 0.303 e. The lowest BCUT2D eigenvalue weighted by Gasteiger charge is -2.03. The Bertz CT molecular complexity index is 392. The van der Waals surface area contributed by atoms with E-state index < -0.39 is 5.97 Å². The van der Waals surface area contributed by atoms with Gasteiger partial charge in [-0.05, 0) is 20.3 Å². The molecule has 0 fully saturated rings. The first kappa shape index (κ1) is 13.2. The summed E-state index contributed by atoms with van der Waals surface area (Å²) in [5.41, 5.74) is 1.50. The van der Waals surface area contributed by atoms with Crippen LogP contribution in [0.2, 0.25) is 0 Å². The van der Waals surface area contributed by atoms with Crippen LogP contribution >= 0.6 is 0 Å². The fourth-order valence-electron chi connectivity index (χ4n) is 1.44. The SMILES string of the molecule is Cc1noc(C)c1CC(=O)NCCCC(=O)O. The van der Waals surface area contributed by atoms with Gasteiger partial charge < -0.3 is 14.9 Å². The summed E-state index contributed by atoms with van der Waals surface area (Å²) in [6.45, 7) is 3.91. The molecule has 2 N–H and O–H groups in total. The van der Waals surface area contributed by atoms with Gasteiger partial charge in [0.1, 0.15) is 5.76 Å². The van der Waals surface area contributed by atoms with E-state index in [0.29, 0.717) is 24.4 Å². The third-order valence-corrected chi connectivity index (χ3v) is 2.41. The minimum Gasteiger partial charge on any atom is -0.481 e. The van der Waals surface area contributed by atoms with Gasteiger partial charge in [0, 0.05) is 18.5 Å². The second kappa shape index (κ2) is 6.03. The second-order valence-electron chi connectivity index (χ2n) is 3.83. The molecule has 0 aliphatic carbocycles. The van der Waals surface area contributed by atoms with E-state index in [-0.39, 0.29) is 18.7 Å². The summed E-state index contributed by atoms with van der Waals surface area (Å²) in [6.07, 6.45) is 0.711. The summed E-state index contributed by atoms with van der Waals surface area (Å²) in [7, 11) is 0. The number of carbonyl (C=O) groups excluding carboxylic acids is 1. The minimum atomic E-state index is -0.857. The molecule has 0 radical (unpaired) electrons. The quantitative estimate of drug-likeness (QED) is 0.718. The third-order valence-electron chi connectivity index (χ3n) is 2.41. The van der Waals surface area contributed by atoms with E-state index in [9.17, 15) is 9.59 Å². The fraction of sp³-hybridized carbons (Fsp3) is 0.545. The van der Waals surface area contributed by atoms with Crippen LogP contribution in [0.15, 0.2) is 4.52 Å². The van der Waals surface area contributed by atoms with E-state index in [2.05, 4.69) is 10.5 Å². The lowest BCUT2D eigenvalue weighted by atomic mass is 10.1. The molecule has 0 atom stereocenters. The van der Waals surface area contributed by atoms with E-state index in [0.717, 1.165) is 5.56 Å². The predicted molar refractivity (Wildman–Crippen MR) is 59.6 cm³/mol. The van der Waals surface area contributed by atoms with E-state index >= 15 is 0 Å². The van der Waals surface area contributed by atoms with Crippen LogP contribution in [0.25, 0.3) is 0 Å². The Hall–Kier alpha value is -1.85. The number of nitrogens with one attached hydrogen (secondary N) is 1. The molecule has 0 saturated heterocycles. The van der Waals surface area contributed by atoms with E-state index in [1.165, 1.54) is 0 Å². The van der Waals surface area contributed by atoms with Gasteiger partial charge in [-0.1, -0.05) is 5.16 Å². The minimum absolute atomic E-state index is 0.0611. The standard InChI is InChI=1S/C11H16N2O4/c1-7-9(8(2)17-13-7)6-10(14)12-5-3-4-11(15)16/h3-6H2,1-2H3,(H,12,14)(H,15,16). The van der Waals surface area contributed by atoms with Crippen LogP contribution in [0, 0.1) is 13.8 Å². The van der Waals surface area contributed by atoms with Gasteiger partial charge in [-0.25, -0.2) is 0 Å². The normalized spacial score (nSPS) is 10.2. The highest BCUT2D eigenvalue weighted by molar-refractivity contribution is 5.79. The van der Waals surface area contributed by atoms with Crippen molar-refractivity contribution < 1.29 is 19.2 Å². The molecule has 6 heteroatoms. The molecule has 0 spiro atoms. The fourth-order valence-corrected chi connectivity index (χ4v) is 1.44. The molecular weight excluding hydrogens is 224 g/mol. The van der Waals surface area contributed by atoms with Gasteiger partial charge >= 0.3 is 5.97 Å². The predicted octanol–water partition coefficient (Wildman–Crippen LogP) is 0.815. The molecule has 0 aliphatic rings. The molecule has 1 aromatic rings. The number of rotatable bonds is 6. The Morgan fingerprint density at radius 2 is 2.12 bits per heavy atom. The Balaban J connectivity index is 2.33. The zero-order valence-electron chi connectivity index (χ0n) is 9.95. The van der Waals surface area contributed by atoms with Crippen LogP contribution in [0.3, 0.4) is 0 Å². The molecule has 0 unspecified atom stereocenters. The number of hydrogen-bond donors (Lipinski definition) is 2. The van der Waals surface area contributed by atoms with E-state index in [4.69, 9.17) is 9.63 Å². The topological polar surface area (TPSA) is 92.4 Å².